The molecule has 0 radical (unpaired) electrons. The molecular weight excluding hydrogens is 365 g/mol. The number of halogens is 1. The van der Waals surface area contributed by atoms with Crippen LogP contribution in [0.4, 0.5) is 10.1 Å². The van der Waals surface area contributed by atoms with Crippen LogP contribution in [0.3, 0.4) is 0 Å². The number of nitrogens with zero attached hydrogens (tertiary/aromatic N) is 1. The summed E-state index contributed by atoms with van der Waals surface area (Å²) >= 11 is 0. The predicted octanol–water partition coefficient (Wildman–Crippen LogP) is 2.33. The number of hydrogen-bond acceptors (Lipinski definition) is 5. The number of hydrazone groups is 1. The number of rotatable bonds is 8. The van der Waals surface area contributed by atoms with Gasteiger partial charge in [-0.1, -0.05) is 24.1 Å². The molecule has 0 heterocycles. The highest BCUT2D eigenvalue weighted by Gasteiger charge is 2.12. The molecule has 0 saturated heterocycles. The summed E-state index contributed by atoms with van der Waals surface area (Å²) in [6, 6.07) is 10.7. The molecule has 2 aromatic carbocycles. The first kappa shape index (κ1) is 20.5. The largest absolute Gasteiger partial charge is 0.493 e. The fourth-order valence-electron chi connectivity index (χ4n) is 2.18. The highest BCUT2D eigenvalue weighted by molar-refractivity contribution is 6.03. The maximum absolute atomic E-state index is 13.5. The number of nitrogens with one attached hydrogen (secondary N) is 2. The smallest absolute Gasteiger partial charge is 0.249 e. The number of terminal acetylenes is 1. The number of para-hydroxylation sites is 2. The van der Waals surface area contributed by atoms with Crippen LogP contribution >= 0.6 is 0 Å². The van der Waals surface area contributed by atoms with Crippen molar-refractivity contribution >= 4 is 23.7 Å². The van der Waals surface area contributed by atoms with Gasteiger partial charge >= 0.3 is 0 Å². The molecule has 0 atom stereocenters. The van der Waals surface area contributed by atoms with E-state index in [2.05, 4.69) is 21.8 Å². The van der Waals surface area contributed by atoms with Gasteiger partial charge in [-0.2, -0.15) is 5.10 Å². The number of hydrogen-bond donors (Lipinski definition) is 2. The Morgan fingerprint density at radius 3 is 2.71 bits per heavy atom. The fraction of sp³-hybridized carbons (Fsp3) is 0.150. The van der Waals surface area contributed by atoms with Gasteiger partial charge in [0, 0.05) is 5.56 Å². The molecule has 0 aliphatic heterocycles. The summed E-state index contributed by atoms with van der Waals surface area (Å²) in [5, 5.41) is 6.11. The lowest BCUT2D eigenvalue weighted by Gasteiger charge is -2.11. The number of methoxy groups -OCH3 is 1. The maximum atomic E-state index is 13.5. The third-order valence-electron chi connectivity index (χ3n) is 3.39. The van der Waals surface area contributed by atoms with Gasteiger partial charge in [0.15, 0.2) is 11.5 Å². The first-order chi connectivity index (χ1) is 13.5. The number of benzene rings is 2. The third kappa shape index (κ3) is 5.85. The molecule has 0 unspecified atom stereocenters. The third-order valence-corrected chi connectivity index (χ3v) is 3.39. The van der Waals surface area contributed by atoms with Gasteiger partial charge in [-0.05, 0) is 24.3 Å². The van der Waals surface area contributed by atoms with Crippen LogP contribution in [0, 0.1) is 18.2 Å². The van der Waals surface area contributed by atoms with Crippen LogP contribution in [0.2, 0.25) is 0 Å². The van der Waals surface area contributed by atoms with E-state index < -0.39 is 24.1 Å². The quantitative estimate of drug-likeness (QED) is 0.317. The Bertz CT molecular complexity index is 922. The Hall–Kier alpha value is -3.86. The van der Waals surface area contributed by atoms with E-state index in [1.807, 2.05) is 0 Å². The van der Waals surface area contributed by atoms with Crippen LogP contribution in [0.5, 0.6) is 11.5 Å². The van der Waals surface area contributed by atoms with E-state index in [0.717, 1.165) is 0 Å². The lowest BCUT2D eigenvalue weighted by Crippen LogP contribution is -2.25. The molecule has 0 fully saturated rings. The van der Waals surface area contributed by atoms with Crippen molar-refractivity contribution in [3.8, 4) is 23.8 Å². The Balaban J connectivity index is 1.95. The monoisotopic (exact) mass is 383 g/mol. The molecule has 0 aliphatic rings. The molecule has 0 aromatic heterocycles. The minimum absolute atomic E-state index is 0.00418. The summed E-state index contributed by atoms with van der Waals surface area (Å²) < 4.78 is 24.1. The number of carbonyl (C=O) groups is 2. The van der Waals surface area contributed by atoms with Crippen molar-refractivity contribution in [1.82, 2.24) is 5.43 Å². The topological polar surface area (TPSA) is 89.0 Å². The zero-order chi connectivity index (χ0) is 20.4. The summed E-state index contributed by atoms with van der Waals surface area (Å²) in [6.07, 6.45) is 6.01. The molecule has 2 aromatic rings. The van der Waals surface area contributed by atoms with Gasteiger partial charge in [0.25, 0.3) is 0 Å². The van der Waals surface area contributed by atoms with Gasteiger partial charge in [0.05, 0.1) is 19.0 Å². The molecule has 8 heteroatoms. The molecule has 7 nitrogen and oxygen atoms in total. The molecule has 0 spiro atoms. The Morgan fingerprint density at radius 1 is 1.21 bits per heavy atom. The lowest BCUT2D eigenvalue weighted by molar-refractivity contribution is -0.126. The van der Waals surface area contributed by atoms with Gasteiger partial charge in [0.1, 0.15) is 18.8 Å². The van der Waals surface area contributed by atoms with Gasteiger partial charge < -0.3 is 14.8 Å². The Labute approximate surface area is 161 Å². The summed E-state index contributed by atoms with van der Waals surface area (Å²) in [5.74, 6) is 1.25. The second-order valence-corrected chi connectivity index (χ2v) is 5.37. The van der Waals surface area contributed by atoms with Crippen molar-refractivity contribution in [2.45, 2.75) is 6.42 Å². The molecule has 0 bridgehead atoms. The molecule has 0 saturated carbocycles. The van der Waals surface area contributed by atoms with Gasteiger partial charge in [-0.15, -0.1) is 6.42 Å². The lowest BCUT2D eigenvalue weighted by atomic mass is 10.2. The van der Waals surface area contributed by atoms with Crippen LogP contribution in [-0.4, -0.2) is 31.7 Å². The van der Waals surface area contributed by atoms with E-state index in [9.17, 15) is 14.0 Å². The van der Waals surface area contributed by atoms with Gasteiger partial charge in [0.2, 0.25) is 11.8 Å². The SMILES string of the molecule is C#CCOc1c(C=NNC(=O)CC(=O)Nc2ccccc2F)cccc1OC. The predicted molar refractivity (Wildman–Crippen MR) is 103 cm³/mol. The van der Waals surface area contributed by atoms with E-state index >= 15 is 0 Å². The minimum atomic E-state index is -0.669. The van der Waals surface area contributed by atoms with E-state index in [4.69, 9.17) is 15.9 Å². The average Bonchev–Trinajstić information content (AvgIpc) is 2.68. The first-order valence-corrected chi connectivity index (χ1v) is 8.14. The number of amides is 2. The number of anilines is 1. The second-order valence-electron chi connectivity index (χ2n) is 5.37. The number of carbonyl (C=O) groups excluding carboxylic acids is 2. The van der Waals surface area contributed by atoms with Crippen molar-refractivity contribution in [1.29, 1.82) is 0 Å². The zero-order valence-electron chi connectivity index (χ0n) is 15.1. The van der Waals surface area contributed by atoms with Crippen LogP contribution in [0.25, 0.3) is 0 Å². The van der Waals surface area contributed by atoms with E-state index in [1.54, 1.807) is 24.3 Å². The van der Waals surface area contributed by atoms with Crippen molar-refractivity contribution in [3.05, 3.63) is 53.8 Å². The van der Waals surface area contributed by atoms with Gasteiger partial charge in [-0.25, -0.2) is 9.82 Å². The summed E-state index contributed by atoms with van der Waals surface area (Å²) in [5.41, 5.74) is 2.74. The summed E-state index contributed by atoms with van der Waals surface area (Å²) in [4.78, 5) is 23.7. The Kier molecular flexibility index (Phi) is 7.54. The standard InChI is InChI=1S/C20H18FN3O4/c1-3-11-28-20-14(7-6-10-17(20)27-2)13-22-24-19(26)12-18(25)23-16-9-5-4-8-15(16)21/h1,4-10,13H,11-12H2,2H3,(H,23,25)(H,24,26). The van der Waals surface area contributed by atoms with Gasteiger partial charge in [-0.3, -0.25) is 9.59 Å². The molecule has 2 rings (SSSR count). The fourth-order valence-corrected chi connectivity index (χ4v) is 2.18. The molecule has 144 valence electrons. The van der Waals surface area contributed by atoms with Crippen molar-refractivity contribution < 1.29 is 23.5 Å². The Morgan fingerprint density at radius 2 is 2.00 bits per heavy atom. The zero-order valence-corrected chi connectivity index (χ0v) is 15.1. The van der Waals surface area contributed by atoms with Crippen LogP contribution < -0.4 is 20.2 Å². The highest BCUT2D eigenvalue weighted by Crippen LogP contribution is 2.29. The second kappa shape index (κ2) is 10.3. The first-order valence-electron chi connectivity index (χ1n) is 8.14. The van der Waals surface area contributed by atoms with Crippen LogP contribution in [0.15, 0.2) is 47.6 Å². The molecule has 2 amide bonds. The van der Waals surface area contributed by atoms with E-state index in [0.29, 0.717) is 17.1 Å². The summed E-state index contributed by atoms with van der Waals surface area (Å²) in [7, 11) is 1.48. The molecule has 2 N–H and O–H groups in total. The number of ether oxygens (including phenoxy) is 2. The summed E-state index contributed by atoms with van der Waals surface area (Å²) in [6.45, 7) is 0.0315. The van der Waals surface area contributed by atoms with Crippen LogP contribution in [0.1, 0.15) is 12.0 Å². The molecular formula is C20H18FN3O4. The average molecular weight is 383 g/mol. The maximum Gasteiger partial charge on any atom is 0.249 e. The van der Waals surface area contributed by atoms with Crippen molar-refractivity contribution in [3.63, 3.8) is 0 Å². The van der Waals surface area contributed by atoms with E-state index in [1.165, 1.54) is 31.5 Å². The van der Waals surface area contributed by atoms with Crippen molar-refractivity contribution in [2.75, 3.05) is 19.0 Å². The molecule has 0 aliphatic carbocycles. The van der Waals surface area contributed by atoms with Crippen molar-refractivity contribution in [2.24, 2.45) is 5.10 Å². The molecule has 28 heavy (non-hydrogen) atoms. The van der Waals surface area contributed by atoms with E-state index in [-0.39, 0.29) is 12.3 Å². The normalized spacial score (nSPS) is 10.2. The highest BCUT2D eigenvalue weighted by atomic mass is 19.1. The minimum Gasteiger partial charge on any atom is -0.493 e. The van der Waals surface area contributed by atoms with Crippen LogP contribution in [-0.2, 0) is 9.59 Å².